The molecule has 6 heteroatoms. The van der Waals surface area contributed by atoms with Gasteiger partial charge in [0.2, 0.25) is 5.91 Å². The smallest absolute Gasteiger partial charge is 0.341 e. The fourth-order valence-corrected chi connectivity index (χ4v) is 4.08. The third-order valence-corrected chi connectivity index (χ3v) is 5.74. The Labute approximate surface area is 185 Å². The summed E-state index contributed by atoms with van der Waals surface area (Å²) in [6, 6.07) is 15.3. The maximum atomic E-state index is 12.6. The number of nitrogens with one attached hydrogen (secondary N) is 1. The van der Waals surface area contributed by atoms with Crippen LogP contribution < -0.4 is 5.32 Å². The second kappa shape index (κ2) is 10.2. The van der Waals surface area contributed by atoms with Gasteiger partial charge in [0.05, 0.1) is 6.61 Å². The first-order valence-electron chi connectivity index (χ1n) is 9.65. The molecule has 30 heavy (non-hydrogen) atoms. The number of anilines is 1. The van der Waals surface area contributed by atoms with Gasteiger partial charge in [-0.3, -0.25) is 4.79 Å². The molecule has 1 aromatic heterocycles. The maximum Gasteiger partial charge on any atom is 0.341 e. The van der Waals surface area contributed by atoms with E-state index in [1.54, 1.807) is 19.1 Å². The zero-order valence-corrected chi connectivity index (χ0v) is 18.3. The van der Waals surface area contributed by atoms with Gasteiger partial charge in [0.1, 0.15) is 10.6 Å². The molecule has 3 rings (SSSR count). The van der Waals surface area contributed by atoms with E-state index in [0.29, 0.717) is 15.6 Å². The molecule has 0 aliphatic heterocycles. The van der Waals surface area contributed by atoms with Crippen LogP contribution in [0.2, 0.25) is 5.02 Å². The van der Waals surface area contributed by atoms with E-state index in [4.69, 9.17) is 16.3 Å². The molecule has 0 saturated carbocycles. The second-order valence-electron chi connectivity index (χ2n) is 6.47. The van der Waals surface area contributed by atoms with Gasteiger partial charge < -0.3 is 10.1 Å². The van der Waals surface area contributed by atoms with Crippen LogP contribution in [-0.2, 0) is 16.0 Å². The van der Waals surface area contributed by atoms with Crippen LogP contribution in [0.25, 0.3) is 17.2 Å². The Morgan fingerprint density at radius 1 is 1.10 bits per heavy atom. The van der Waals surface area contributed by atoms with Gasteiger partial charge in [-0.25, -0.2) is 4.79 Å². The normalized spacial score (nSPS) is 10.9. The van der Waals surface area contributed by atoms with Crippen LogP contribution >= 0.6 is 22.9 Å². The highest BCUT2D eigenvalue weighted by Gasteiger charge is 2.22. The van der Waals surface area contributed by atoms with Gasteiger partial charge in [-0.05, 0) is 42.2 Å². The number of carbonyl (C=O) groups is 2. The number of rotatable bonds is 7. The lowest BCUT2D eigenvalue weighted by Crippen LogP contribution is -2.12. The largest absolute Gasteiger partial charge is 0.462 e. The Morgan fingerprint density at radius 3 is 2.50 bits per heavy atom. The van der Waals surface area contributed by atoms with Crippen LogP contribution in [0.5, 0.6) is 0 Å². The molecule has 0 unspecified atom stereocenters. The Hall–Kier alpha value is -2.89. The van der Waals surface area contributed by atoms with Crippen molar-refractivity contribution in [3.63, 3.8) is 0 Å². The van der Waals surface area contributed by atoms with E-state index in [2.05, 4.69) is 12.2 Å². The van der Waals surface area contributed by atoms with Crippen LogP contribution in [0, 0.1) is 0 Å². The fraction of sp³-hybridized carbons (Fsp3) is 0.167. The van der Waals surface area contributed by atoms with Crippen molar-refractivity contribution in [2.75, 3.05) is 11.9 Å². The maximum absolute atomic E-state index is 12.6. The number of carbonyl (C=O) groups excluding carboxylic acids is 2. The number of halogens is 1. The molecule has 0 aliphatic rings. The van der Waals surface area contributed by atoms with Gasteiger partial charge in [0.15, 0.2) is 0 Å². The molecule has 1 heterocycles. The van der Waals surface area contributed by atoms with Crippen molar-refractivity contribution in [2.45, 2.75) is 20.3 Å². The summed E-state index contributed by atoms with van der Waals surface area (Å²) in [4.78, 5) is 25.1. The van der Waals surface area contributed by atoms with Crippen molar-refractivity contribution in [3.05, 3.63) is 81.7 Å². The summed E-state index contributed by atoms with van der Waals surface area (Å²) in [5.74, 6) is -0.811. The summed E-state index contributed by atoms with van der Waals surface area (Å²) in [5.41, 5.74) is 3.96. The topological polar surface area (TPSA) is 55.4 Å². The first-order chi connectivity index (χ1) is 14.5. The minimum absolute atomic E-state index is 0.253. The lowest BCUT2D eigenvalue weighted by atomic mass is 10.0. The quantitative estimate of drug-likeness (QED) is 0.339. The zero-order chi connectivity index (χ0) is 21.5. The highest BCUT2D eigenvalue weighted by molar-refractivity contribution is 7.15. The van der Waals surface area contributed by atoms with Crippen LogP contribution in [0.15, 0.2) is 60.0 Å². The summed E-state index contributed by atoms with van der Waals surface area (Å²) in [7, 11) is 0. The minimum Gasteiger partial charge on any atom is -0.462 e. The molecule has 0 atom stereocenters. The summed E-state index contributed by atoms with van der Waals surface area (Å²) in [5, 5.41) is 5.68. The summed E-state index contributed by atoms with van der Waals surface area (Å²) in [6.07, 6.45) is 3.97. The summed E-state index contributed by atoms with van der Waals surface area (Å²) >= 11 is 7.42. The lowest BCUT2D eigenvalue weighted by Gasteiger charge is -2.08. The van der Waals surface area contributed by atoms with E-state index in [0.717, 1.165) is 23.1 Å². The first-order valence-corrected chi connectivity index (χ1v) is 10.9. The standard InChI is InChI=1S/C24H22ClNO3S/c1-3-16-9-11-17(12-10-16)19-15-30-23(22(19)24(28)29-4-2)26-21(27)14-13-18-7-5-6-8-20(18)25/h5-15H,3-4H2,1-2H3,(H,26,27)/b14-13+. The van der Waals surface area contributed by atoms with E-state index >= 15 is 0 Å². The van der Waals surface area contributed by atoms with Crippen molar-refractivity contribution < 1.29 is 14.3 Å². The van der Waals surface area contributed by atoms with Crippen molar-refractivity contribution in [1.29, 1.82) is 0 Å². The van der Waals surface area contributed by atoms with Crippen LogP contribution in [0.1, 0.15) is 35.3 Å². The minimum atomic E-state index is -0.460. The zero-order valence-electron chi connectivity index (χ0n) is 16.8. The average molecular weight is 440 g/mol. The van der Waals surface area contributed by atoms with Gasteiger partial charge in [-0.2, -0.15) is 0 Å². The van der Waals surface area contributed by atoms with Crippen LogP contribution in [0.4, 0.5) is 5.00 Å². The second-order valence-corrected chi connectivity index (χ2v) is 7.76. The van der Waals surface area contributed by atoms with E-state index in [1.807, 2.05) is 47.8 Å². The highest BCUT2D eigenvalue weighted by Crippen LogP contribution is 2.36. The third-order valence-electron chi connectivity index (χ3n) is 4.50. The number of hydrogen-bond donors (Lipinski definition) is 1. The number of amides is 1. The van der Waals surface area contributed by atoms with Crippen molar-refractivity contribution in [3.8, 4) is 11.1 Å². The molecular weight excluding hydrogens is 418 g/mol. The molecule has 0 aliphatic carbocycles. The molecular formula is C24H22ClNO3S. The molecule has 1 amide bonds. The average Bonchev–Trinajstić information content (AvgIpc) is 3.17. The summed E-state index contributed by atoms with van der Waals surface area (Å²) < 4.78 is 5.24. The van der Waals surface area contributed by atoms with E-state index < -0.39 is 5.97 Å². The van der Waals surface area contributed by atoms with Crippen molar-refractivity contribution in [1.82, 2.24) is 0 Å². The molecule has 0 saturated heterocycles. The number of thiophene rings is 1. The Bertz CT molecular complexity index is 1070. The van der Waals surface area contributed by atoms with E-state index in [9.17, 15) is 9.59 Å². The molecule has 0 radical (unpaired) electrons. The lowest BCUT2D eigenvalue weighted by molar-refractivity contribution is -0.111. The molecule has 0 fully saturated rings. The molecule has 4 nitrogen and oxygen atoms in total. The molecule has 154 valence electrons. The molecule has 2 aromatic carbocycles. The van der Waals surface area contributed by atoms with Gasteiger partial charge in [0.25, 0.3) is 0 Å². The predicted octanol–water partition coefficient (Wildman–Crippen LogP) is 6.46. The Balaban J connectivity index is 1.88. The SMILES string of the molecule is CCOC(=O)c1c(-c2ccc(CC)cc2)csc1NC(=O)/C=C/c1ccccc1Cl. The first kappa shape index (κ1) is 21.8. The van der Waals surface area contributed by atoms with Crippen LogP contribution in [-0.4, -0.2) is 18.5 Å². The predicted molar refractivity (Wildman–Crippen MR) is 124 cm³/mol. The number of ether oxygens (including phenoxy) is 1. The number of esters is 1. The van der Waals surface area contributed by atoms with Gasteiger partial charge in [0, 0.05) is 22.0 Å². The van der Waals surface area contributed by atoms with Crippen molar-refractivity contribution in [2.24, 2.45) is 0 Å². The summed E-state index contributed by atoms with van der Waals surface area (Å²) in [6.45, 7) is 4.10. The van der Waals surface area contributed by atoms with E-state index in [-0.39, 0.29) is 12.5 Å². The number of hydrogen-bond acceptors (Lipinski definition) is 4. The van der Waals surface area contributed by atoms with Crippen molar-refractivity contribution >= 4 is 45.9 Å². The van der Waals surface area contributed by atoms with Gasteiger partial charge in [-0.15, -0.1) is 11.3 Å². The van der Waals surface area contributed by atoms with E-state index in [1.165, 1.54) is 23.0 Å². The Morgan fingerprint density at radius 2 is 1.83 bits per heavy atom. The molecule has 3 aromatic rings. The fourth-order valence-electron chi connectivity index (χ4n) is 2.92. The van der Waals surface area contributed by atoms with Crippen LogP contribution in [0.3, 0.4) is 0 Å². The molecule has 1 N–H and O–H groups in total. The monoisotopic (exact) mass is 439 g/mol. The number of benzene rings is 2. The van der Waals surface area contributed by atoms with Gasteiger partial charge >= 0.3 is 5.97 Å². The van der Waals surface area contributed by atoms with Gasteiger partial charge in [-0.1, -0.05) is 61.0 Å². The Kier molecular flexibility index (Phi) is 7.44. The number of aryl methyl sites for hydroxylation is 1. The molecule has 0 bridgehead atoms. The highest BCUT2D eigenvalue weighted by atomic mass is 35.5. The third kappa shape index (κ3) is 5.17. The molecule has 0 spiro atoms.